The van der Waals surface area contributed by atoms with Gasteiger partial charge in [-0.1, -0.05) is 16.9 Å². The molecule has 124 valence electrons. The lowest BCUT2D eigenvalue weighted by Crippen LogP contribution is -2.21. The van der Waals surface area contributed by atoms with Crippen LogP contribution in [0.3, 0.4) is 0 Å². The summed E-state index contributed by atoms with van der Waals surface area (Å²) in [4.78, 5) is 32.6. The summed E-state index contributed by atoms with van der Waals surface area (Å²) in [5, 5.41) is 9.61. The largest absolute Gasteiger partial charge is 0.455 e. The van der Waals surface area contributed by atoms with Crippen LogP contribution in [0.1, 0.15) is 5.76 Å². The fraction of sp³-hybridized carbons (Fsp3) is 0.214. The van der Waals surface area contributed by atoms with E-state index >= 15 is 0 Å². The Morgan fingerprint density at radius 3 is 3.08 bits per heavy atom. The van der Waals surface area contributed by atoms with Gasteiger partial charge in [0.1, 0.15) is 21.9 Å². The van der Waals surface area contributed by atoms with Crippen LogP contribution in [0.5, 0.6) is 0 Å². The zero-order chi connectivity index (χ0) is 16.9. The molecule has 1 amide bonds. The van der Waals surface area contributed by atoms with E-state index in [1.165, 1.54) is 29.4 Å². The van der Waals surface area contributed by atoms with Crippen LogP contribution in [-0.4, -0.2) is 39.4 Å². The van der Waals surface area contributed by atoms with Crippen LogP contribution in [0, 0.1) is 6.92 Å². The number of carbonyl (C=O) groups excluding carboxylic acids is 2. The van der Waals surface area contributed by atoms with Gasteiger partial charge >= 0.3 is 5.97 Å². The first-order valence-corrected chi connectivity index (χ1v) is 8.68. The van der Waals surface area contributed by atoms with Crippen LogP contribution >= 0.6 is 23.1 Å². The predicted molar refractivity (Wildman–Crippen MR) is 89.0 cm³/mol. The van der Waals surface area contributed by atoms with Crippen LogP contribution in [0.2, 0.25) is 0 Å². The lowest BCUT2D eigenvalue weighted by Gasteiger charge is -2.04. The van der Waals surface area contributed by atoms with Crippen LogP contribution in [0.4, 0.5) is 5.82 Å². The van der Waals surface area contributed by atoms with Crippen molar-refractivity contribution in [3.8, 4) is 0 Å². The molecule has 0 aliphatic carbocycles. The van der Waals surface area contributed by atoms with Crippen molar-refractivity contribution in [2.75, 3.05) is 17.7 Å². The molecule has 0 bridgehead atoms. The van der Waals surface area contributed by atoms with Crippen molar-refractivity contribution in [3.05, 3.63) is 29.6 Å². The minimum absolute atomic E-state index is 0.0539. The van der Waals surface area contributed by atoms with Gasteiger partial charge in [0.05, 0.1) is 5.75 Å². The van der Waals surface area contributed by atoms with Crippen molar-refractivity contribution < 1.29 is 18.8 Å². The quantitative estimate of drug-likeness (QED) is 0.403. The number of fused-ring (bicyclic) bond motifs is 1. The molecular formula is C14H12N4O4S2. The van der Waals surface area contributed by atoms with Gasteiger partial charge in [-0.2, -0.15) is 0 Å². The van der Waals surface area contributed by atoms with Crippen molar-refractivity contribution in [1.29, 1.82) is 0 Å². The number of hydrogen-bond acceptors (Lipinski definition) is 9. The van der Waals surface area contributed by atoms with Crippen molar-refractivity contribution in [2.24, 2.45) is 0 Å². The van der Waals surface area contributed by atoms with Gasteiger partial charge in [-0.3, -0.25) is 9.59 Å². The zero-order valence-electron chi connectivity index (χ0n) is 12.5. The number of nitrogens with zero attached hydrogens (tertiary/aromatic N) is 3. The highest BCUT2D eigenvalue weighted by atomic mass is 32.2. The number of thioether (sulfide) groups is 1. The number of esters is 1. The maximum Gasteiger partial charge on any atom is 0.316 e. The molecule has 3 aromatic heterocycles. The van der Waals surface area contributed by atoms with E-state index in [9.17, 15) is 9.59 Å². The molecule has 0 atom stereocenters. The van der Waals surface area contributed by atoms with E-state index in [2.05, 4.69) is 20.4 Å². The van der Waals surface area contributed by atoms with Gasteiger partial charge in [0.15, 0.2) is 12.4 Å². The molecule has 0 aromatic carbocycles. The van der Waals surface area contributed by atoms with E-state index in [1.54, 1.807) is 13.0 Å². The number of carbonyl (C=O) groups is 2. The fourth-order valence-electron chi connectivity index (χ4n) is 1.80. The zero-order valence-corrected chi connectivity index (χ0v) is 14.1. The van der Waals surface area contributed by atoms with Crippen molar-refractivity contribution in [1.82, 2.24) is 15.1 Å². The third-order valence-electron chi connectivity index (χ3n) is 2.81. The van der Waals surface area contributed by atoms with Gasteiger partial charge in [-0.25, -0.2) is 9.97 Å². The van der Waals surface area contributed by atoms with Crippen molar-refractivity contribution >= 4 is 51.0 Å². The maximum absolute atomic E-state index is 11.8. The number of ether oxygens (including phenoxy) is 1. The maximum atomic E-state index is 11.8. The molecule has 0 spiro atoms. The second kappa shape index (κ2) is 7.41. The molecule has 3 rings (SSSR count). The molecule has 0 aliphatic heterocycles. The van der Waals surface area contributed by atoms with Crippen molar-refractivity contribution in [3.63, 3.8) is 0 Å². The number of rotatable bonds is 6. The first-order chi connectivity index (χ1) is 11.6. The lowest BCUT2D eigenvalue weighted by molar-refractivity contribution is -0.144. The molecule has 0 saturated heterocycles. The summed E-state index contributed by atoms with van der Waals surface area (Å²) in [7, 11) is 0. The Bertz CT molecular complexity index is 876. The molecule has 10 heteroatoms. The minimum atomic E-state index is -0.506. The molecule has 0 radical (unpaired) electrons. The molecule has 0 unspecified atom stereocenters. The number of aromatic nitrogens is 3. The molecule has 1 N–H and O–H groups in total. The summed E-state index contributed by atoms with van der Waals surface area (Å²) in [6, 6.07) is 3.47. The summed E-state index contributed by atoms with van der Waals surface area (Å²) < 4.78 is 9.75. The average Bonchev–Trinajstić information content (AvgIpc) is 3.20. The second-order valence-electron chi connectivity index (χ2n) is 4.64. The van der Waals surface area contributed by atoms with Crippen LogP contribution in [0.15, 0.2) is 33.4 Å². The summed E-state index contributed by atoms with van der Waals surface area (Å²) in [6.45, 7) is 1.32. The molecule has 0 fully saturated rings. The minimum Gasteiger partial charge on any atom is -0.455 e. The van der Waals surface area contributed by atoms with Crippen molar-refractivity contribution in [2.45, 2.75) is 11.9 Å². The van der Waals surface area contributed by atoms with Gasteiger partial charge in [0, 0.05) is 11.5 Å². The summed E-state index contributed by atoms with van der Waals surface area (Å²) in [5.74, 6) is -0.0809. The molecule has 3 heterocycles. The standard InChI is InChI=1S/C14H12N4O4S2/c1-8-4-10(18-22-8)17-11(19)5-21-12(20)6-24-14-9-2-3-23-13(9)15-7-16-14/h2-4,7H,5-6H2,1H3,(H,17,18,19). The van der Waals surface area contributed by atoms with Gasteiger partial charge < -0.3 is 14.6 Å². The third-order valence-corrected chi connectivity index (χ3v) is 4.61. The fourth-order valence-corrected chi connectivity index (χ4v) is 3.38. The normalized spacial score (nSPS) is 10.7. The SMILES string of the molecule is Cc1cc(NC(=O)COC(=O)CSc2ncnc3sccc23)no1. The van der Waals surface area contributed by atoms with E-state index in [1.807, 2.05) is 11.4 Å². The van der Waals surface area contributed by atoms with E-state index in [-0.39, 0.29) is 18.2 Å². The average molecular weight is 364 g/mol. The van der Waals surface area contributed by atoms with E-state index in [0.717, 1.165) is 10.2 Å². The highest BCUT2D eigenvalue weighted by Crippen LogP contribution is 2.27. The number of amides is 1. The Morgan fingerprint density at radius 2 is 2.29 bits per heavy atom. The van der Waals surface area contributed by atoms with Gasteiger partial charge in [-0.15, -0.1) is 11.3 Å². The van der Waals surface area contributed by atoms with Gasteiger partial charge in [-0.05, 0) is 18.4 Å². The first kappa shape index (κ1) is 16.4. The van der Waals surface area contributed by atoms with Gasteiger partial charge in [0.25, 0.3) is 5.91 Å². The highest BCUT2D eigenvalue weighted by Gasteiger charge is 2.12. The van der Waals surface area contributed by atoms with Gasteiger partial charge in [0.2, 0.25) is 0 Å². The smallest absolute Gasteiger partial charge is 0.316 e. The number of aryl methyl sites for hydroxylation is 1. The molecule has 0 saturated carbocycles. The van der Waals surface area contributed by atoms with Crippen LogP contribution < -0.4 is 5.32 Å². The molecule has 0 aliphatic rings. The van der Waals surface area contributed by atoms with E-state index in [0.29, 0.717) is 10.8 Å². The third kappa shape index (κ3) is 4.09. The monoisotopic (exact) mass is 364 g/mol. The summed E-state index contributed by atoms with van der Waals surface area (Å²) in [6.07, 6.45) is 1.46. The van der Waals surface area contributed by atoms with Crippen LogP contribution in [0.25, 0.3) is 10.2 Å². The number of nitrogens with one attached hydrogen (secondary N) is 1. The predicted octanol–water partition coefficient (Wildman–Crippen LogP) is 2.26. The Kier molecular flexibility index (Phi) is 5.06. The lowest BCUT2D eigenvalue weighted by atomic mass is 10.4. The Morgan fingerprint density at radius 1 is 1.42 bits per heavy atom. The Hall–Kier alpha value is -2.46. The van der Waals surface area contributed by atoms with E-state index < -0.39 is 11.9 Å². The second-order valence-corrected chi connectivity index (χ2v) is 6.50. The molecule has 3 aromatic rings. The number of anilines is 1. The van der Waals surface area contributed by atoms with E-state index in [4.69, 9.17) is 9.26 Å². The topological polar surface area (TPSA) is 107 Å². The molecule has 8 nitrogen and oxygen atoms in total. The molecular weight excluding hydrogens is 352 g/mol. The number of thiophene rings is 1. The molecule has 24 heavy (non-hydrogen) atoms. The highest BCUT2D eigenvalue weighted by molar-refractivity contribution is 8.00. The Labute approximate surface area is 144 Å². The number of hydrogen-bond donors (Lipinski definition) is 1. The Balaban J connectivity index is 1.46. The summed E-state index contributed by atoms with van der Waals surface area (Å²) >= 11 is 2.75. The first-order valence-electron chi connectivity index (χ1n) is 6.81. The van der Waals surface area contributed by atoms with Crippen LogP contribution in [-0.2, 0) is 14.3 Å². The summed E-state index contributed by atoms with van der Waals surface area (Å²) in [5.41, 5.74) is 0.